The van der Waals surface area contributed by atoms with Crippen molar-refractivity contribution < 1.29 is 40.7 Å². The van der Waals surface area contributed by atoms with Crippen molar-refractivity contribution in [3.05, 3.63) is 28.1 Å². The molecule has 0 saturated carbocycles. The average molecular weight is 413 g/mol. The van der Waals surface area contributed by atoms with Gasteiger partial charge in [-0.2, -0.15) is 26.3 Å². The summed E-state index contributed by atoms with van der Waals surface area (Å²) in [5.41, 5.74) is -7.17. The molecule has 6 nitrogen and oxygen atoms in total. The van der Waals surface area contributed by atoms with Crippen molar-refractivity contribution in [1.82, 2.24) is 15.2 Å². The smallest absolute Gasteiger partial charge is 0.433 e. The van der Waals surface area contributed by atoms with Crippen molar-refractivity contribution >= 4 is 12.0 Å². The Labute approximate surface area is 155 Å². The van der Waals surface area contributed by atoms with E-state index in [4.69, 9.17) is 4.74 Å². The Morgan fingerprint density at radius 2 is 1.71 bits per heavy atom. The zero-order valence-corrected chi connectivity index (χ0v) is 15.3. The molecule has 2 amide bonds. The number of halogens is 6. The van der Waals surface area contributed by atoms with Gasteiger partial charge in [-0.3, -0.25) is 4.79 Å². The maximum Gasteiger partial charge on any atom is 0.433 e. The van der Waals surface area contributed by atoms with E-state index in [1.54, 1.807) is 20.8 Å². The van der Waals surface area contributed by atoms with E-state index in [0.717, 1.165) is 4.90 Å². The fourth-order valence-electron chi connectivity index (χ4n) is 2.61. The van der Waals surface area contributed by atoms with Gasteiger partial charge in [0.05, 0.1) is 23.4 Å². The van der Waals surface area contributed by atoms with Gasteiger partial charge in [0.15, 0.2) is 5.69 Å². The Morgan fingerprint density at radius 1 is 1.14 bits per heavy atom. The van der Waals surface area contributed by atoms with Gasteiger partial charge >= 0.3 is 18.4 Å². The van der Waals surface area contributed by atoms with Gasteiger partial charge in [-0.1, -0.05) is 0 Å². The number of aromatic nitrogens is 1. The number of amides is 2. The van der Waals surface area contributed by atoms with Crippen molar-refractivity contribution in [3.8, 4) is 0 Å². The second-order valence-electron chi connectivity index (χ2n) is 7.15. The summed E-state index contributed by atoms with van der Waals surface area (Å²) in [7, 11) is 1.19. The van der Waals surface area contributed by atoms with Crippen molar-refractivity contribution in [2.45, 2.75) is 51.8 Å². The maximum atomic E-state index is 13.3. The van der Waals surface area contributed by atoms with Gasteiger partial charge in [-0.25, -0.2) is 9.78 Å². The number of carbonyl (C=O) groups excluding carboxylic acids is 2. The molecule has 28 heavy (non-hydrogen) atoms. The molecule has 1 N–H and O–H groups in total. The number of hydrogen-bond donors (Lipinski definition) is 1. The predicted octanol–water partition coefficient (Wildman–Crippen LogP) is 3.73. The first kappa shape index (κ1) is 21.8. The molecule has 2 heterocycles. The van der Waals surface area contributed by atoms with Gasteiger partial charge in [0.2, 0.25) is 0 Å². The minimum Gasteiger partial charge on any atom is -0.444 e. The quantitative estimate of drug-likeness (QED) is 0.751. The van der Waals surface area contributed by atoms with Crippen LogP contribution in [0.3, 0.4) is 0 Å². The summed E-state index contributed by atoms with van der Waals surface area (Å²) in [6.07, 6.45) is -11.8. The highest BCUT2D eigenvalue weighted by Gasteiger charge is 2.50. The van der Waals surface area contributed by atoms with Crippen molar-refractivity contribution in [2.24, 2.45) is 0 Å². The van der Waals surface area contributed by atoms with Gasteiger partial charge in [0.1, 0.15) is 5.60 Å². The van der Waals surface area contributed by atoms with E-state index in [9.17, 15) is 35.9 Å². The molecular weight excluding hydrogens is 396 g/mol. The molecule has 156 valence electrons. The first-order valence-electron chi connectivity index (χ1n) is 7.95. The zero-order chi connectivity index (χ0) is 21.7. The number of carbonyl (C=O) groups is 2. The lowest BCUT2D eigenvalue weighted by Crippen LogP contribution is -2.34. The number of pyridine rings is 1. The van der Waals surface area contributed by atoms with Gasteiger partial charge in [-0.05, 0) is 20.8 Å². The molecule has 12 heteroatoms. The van der Waals surface area contributed by atoms with Gasteiger partial charge in [0, 0.05) is 19.2 Å². The van der Waals surface area contributed by atoms with Crippen LogP contribution in [0.5, 0.6) is 0 Å². The predicted molar refractivity (Wildman–Crippen MR) is 83.1 cm³/mol. The molecule has 1 aliphatic heterocycles. The molecule has 0 fully saturated rings. The summed E-state index contributed by atoms with van der Waals surface area (Å²) in [5, 5.41) is 2.08. The van der Waals surface area contributed by atoms with E-state index in [0.29, 0.717) is 0 Å². The monoisotopic (exact) mass is 413 g/mol. The van der Waals surface area contributed by atoms with E-state index >= 15 is 0 Å². The largest absolute Gasteiger partial charge is 0.444 e. The normalized spacial score (nSPS) is 14.6. The van der Waals surface area contributed by atoms with E-state index in [2.05, 4.69) is 10.3 Å². The van der Waals surface area contributed by atoms with Crippen LogP contribution in [0, 0.1) is 0 Å². The molecule has 0 aromatic carbocycles. The summed E-state index contributed by atoms with van der Waals surface area (Å²) in [6, 6.07) is 0. The molecule has 0 radical (unpaired) electrons. The van der Waals surface area contributed by atoms with E-state index in [1.807, 2.05) is 0 Å². The highest BCUT2D eigenvalue weighted by molar-refractivity contribution is 6.00. The number of nitrogens with zero attached hydrogens (tertiary/aromatic N) is 2. The van der Waals surface area contributed by atoms with E-state index < -0.39 is 65.6 Å². The van der Waals surface area contributed by atoms with Crippen molar-refractivity contribution in [2.75, 3.05) is 7.05 Å². The summed E-state index contributed by atoms with van der Waals surface area (Å²) in [5.74, 6) is -1.28. The Morgan fingerprint density at radius 3 is 2.18 bits per heavy atom. The molecule has 1 aromatic heterocycles. The molecule has 0 spiro atoms. The molecule has 0 bridgehead atoms. The van der Waals surface area contributed by atoms with Crippen LogP contribution in [-0.4, -0.2) is 34.5 Å². The number of nitrogens with one attached hydrogen (secondary N) is 1. The lowest BCUT2D eigenvalue weighted by Gasteiger charge is -2.25. The van der Waals surface area contributed by atoms with Crippen LogP contribution < -0.4 is 5.32 Å². The van der Waals surface area contributed by atoms with Gasteiger partial charge < -0.3 is 15.0 Å². The molecule has 1 aromatic rings. The first-order chi connectivity index (χ1) is 12.5. The fraction of sp³-hybridized carbons (Fsp3) is 0.562. The second-order valence-corrected chi connectivity index (χ2v) is 7.15. The SMILES string of the molecule is CN(Cc1nc(C(F)(F)F)c(C(F)(F)F)c2c1CNC2=O)C(=O)OC(C)(C)C. The Balaban J connectivity index is 2.59. The Bertz CT molecular complexity index is 812. The molecule has 0 saturated heterocycles. The molecule has 2 rings (SSSR count). The van der Waals surface area contributed by atoms with E-state index in [-0.39, 0.29) is 5.56 Å². The number of ether oxygens (including phenoxy) is 1. The number of hydrogen-bond acceptors (Lipinski definition) is 4. The van der Waals surface area contributed by atoms with Crippen LogP contribution >= 0.6 is 0 Å². The van der Waals surface area contributed by atoms with Crippen LogP contribution in [0.4, 0.5) is 31.1 Å². The average Bonchev–Trinajstić information content (AvgIpc) is 2.85. The van der Waals surface area contributed by atoms with Crippen LogP contribution in [-0.2, 0) is 30.2 Å². The highest BCUT2D eigenvalue weighted by Crippen LogP contribution is 2.43. The first-order valence-corrected chi connectivity index (χ1v) is 7.95. The van der Waals surface area contributed by atoms with E-state index in [1.165, 1.54) is 7.05 Å². The minimum absolute atomic E-state index is 0.333. The number of alkyl halides is 6. The van der Waals surface area contributed by atoms with Crippen molar-refractivity contribution in [3.63, 3.8) is 0 Å². The maximum absolute atomic E-state index is 13.3. The van der Waals surface area contributed by atoms with Crippen LogP contribution in [0.25, 0.3) is 0 Å². The van der Waals surface area contributed by atoms with Crippen LogP contribution in [0.15, 0.2) is 0 Å². The third-order valence-electron chi connectivity index (χ3n) is 3.68. The Hall–Kier alpha value is -2.53. The summed E-state index contributed by atoms with van der Waals surface area (Å²) in [4.78, 5) is 27.9. The third-order valence-corrected chi connectivity index (χ3v) is 3.68. The summed E-state index contributed by atoms with van der Waals surface area (Å²) < 4.78 is 84.8. The van der Waals surface area contributed by atoms with Gasteiger partial charge in [0.25, 0.3) is 5.91 Å². The lowest BCUT2D eigenvalue weighted by molar-refractivity contribution is -0.165. The number of rotatable bonds is 2. The highest BCUT2D eigenvalue weighted by atomic mass is 19.4. The van der Waals surface area contributed by atoms with Crippen molar-refractivity contribution in [1.29, 1.82) is 0 Å². The number of fused-ring (bicyclic) bond motifs is 1. The standard InChI is InChI=1S/C16H17F6N3O3/c1-14(2,3)28-13(27)25(4)6-8-7-5-23-12(26)9(7)10(15(17,18)19)11(24-8)16(20,21)22/h5-6H2,1-4H3,(H,23,26). The summed E-state index contributed by atoms with van der Waals surface area (Å²) in [6.45, 7) is 3.69. The molecule has 1 aliphatic rings. The topological polar surface area (TPSA) is 71.5 Å². The molecule has 0 aliphatic carbocycles. The Kier molecular flexibility index (Phi) is 5.30. The third kappa shape index (κ3) is 4.47. The lowest BCUT2D eigenvalue weighted by atomic mass is 9.98. The fourth-order valence-corrected chi connectivity index (χ4v) is 2.61. The summed E-state index contributed by atoms with van der Waals surface area (Å²) >= 11 is 0. The molecule has 0 atom stereocenters. The second kappa shape index (κ2) is 6.82. The minimum atomic E-state index is -5.46. The zero-order valence-electron chi connectivity index (χ0n) is 15.3. The van der Waals surface area contributed by atoms with Crippen LogP contribution in [0.1, 0.15) is 53.6 Å². The van der Waals surface area contributed by atoms with Gasteiger partial charge in [-0.15, -0.1) is 0 Å². The molecular formula is C16H17F6N3O3. The molecule has 0 unspecified atom stereocenters. The van der Waals surface area contributed by atoms with Crippen LogP contribution in [0.2, 0.25) is 0 Å².